The lowest BCUT2D eigenvalue weighted by Gasteiger charge is -2.15. The van der Waals surface area contributed by atoms with Gasteiger partial charge in [0.05, 0.1) is 11.6 Å². The summed E-state index contributed by atoms with van der Waals surface area (Å²) in [5.41, 5.74) is 1.00. The summed E-state index contributed by atoms with van der Waals surface area (Å²) in [7, 11) is 0. The number of alkyl halides is 3. The number of benzene rings is 2. The van der Waals surface area contributed by atoms with Crippen LogP contribution in [0.2, 0.25) is 5.02 Å². The summed E-state index contributed by atoms with van der Waals surface area (Å²) in [6, 6.07) is 12.1. The van der Waals surface area contributed by atoms with Crippen LogP contribution in [0.25, 0.3) is 0 Å². The highest BCUT2D eigenvalue weighted by Gasteiger charge is 2.44. The average molecular weight is 368 g/mol. The highest BCUT2D eigenvalue weighted by Crippen LogP contribution is 2.48. The minimum absolute atomic E-state index is 0.0196. The molecule has 3 atom stereocenters. The van der Waals surface area contributed by atoms with Gasteiger partial charge in [0.2, 0.25) is 5.91 Å². The van der Waals surface area contributed by atoms with E-state index in [-0.39, 0.29) is 23.8 Å². The van der Waals surface area contributed by atoms with Gasteiger partial charge in [0.15, 0.2) is 0 Å². The van der Waals surface area contributed by atoms with Crippen molar-refractivity contribution < 1.29 is 18.0 Å². The molecule has 0 aliphatic heterocycles. The van der Waals surface area contributed by atoms with Crippen LogP contribution in [-0.4, -0.2) is 5.91 Å². The maximum atomic E-state index is 12.6. The molecule has 1 N–H and O–H groups in total. The van der Waals surface area contributed by atoms with Crippen molar-refractivity contribution in [3.05, 3.63) is 70.2 Å². The highest BCUT2D eigenvalue weighted by atomic mass is 35.5. The fourth-order valence-corrected chi connectivity index (χ4v) is 3.15. The Labute approximate surface area is 149 Å². The van der Waals surface area contributed by atoms with E-state index in [1.165, 1.54) is 12.1 Å². The molecular formula is C19H17ClF3NO. The Hall–Kier alpha value is -2.01. The molecule has 1 fully saturated rings. The molecule has 2 aromatic carbocycles. The molecule has 25 heavy (non-hydrogen) atoms. The van der Waals surface area contributed by atoms with Crippen LogP contribution in [0.3, 0.4) is 0 Å². The standard InChI is InChI=1S/C19H17ClF3NO/c1-11(13-3-2-4-15(20)9-13)24-18(25)17-10-16(17)12-5-7-14(8-6-12)19(21,22)23/h2-9,11,16-17H,10H2,1H3,(H,24,25). The number of nitrogens with one attached hydrogen (secondary N) is 1. The van der Waals surface area contributed by atoms with E-state index in [1.54, 1.807) is 12.1 Å². The zero-order valence-corrected chi connectivity index (χ0v) is 14.2. The van der Waals surface area contributed by atoms with Gasteiger partial charge >= 0.3 is 6.18 Å². The Bertz CT molecular complexity index is 773. The van der Waals surface area contributed by atoms with E-state index >= 15 is 0 Å². The van der Waals surface area contributed by atoms with Gasteiger partial charge in [-0.05, 0) is 54.7 Å². The largest absolute Gasteiger partial charge is 0.416 e. The van der Waals surface area contributed by atoms with Gasteiger partial charge in [-0.2, -0.15) is 13.2 Å². The van der Waals surface area contributed by atoms with Gasteiger partial charge in [-0.25, -0.2) is 0 Å². The first-order valence-corrected chi connectivity index (χ1v) is 8.36. The summed E-state index contributed by atoms with van der Waals surface area (Å²) < 4.78 is 37.8. The summed E-state index contributed by atoms with van der Waals surface area (Å²) in [4.78, 5) is 12.4. The molecule has 2 aromatic rings. The van der Waals surface area contributed by atoms with Crippen molar-refractivity contribution in [2.75, 3.05) is 0 Å². The predicted molar refractivity (Wildman–Crippen MR) is 90.3 cm³/mol. The summed E-state index contributed by atoms with van der Waals surface area (Å²) in [6.07, 6.45) is -3.69. The van der Waals surface area contributed by atoms with Crippen LogP contribution in [0.5, 0.6) is 0 Å². The molecule has 0 spiro atoms. The van der Waals surface area contributed by atoms with E-state index in [0.29, 0.717) is 11.4 Å². The number of carbonyl (C=O) groups excluding carboxylic acids is 1. The summed E-state index contributed by atoms with van der Waals surface area (Å²) in [5, 5.41) is 3.55. The maximum Gasteiger partial charge on any atom is 0.416 e. The third-order valence-electron chi connectivity index (χ3n) is 4.50. The fraction of sp³-hybridized carbons (Fsp3) is 0.316. The van der Waals surface area contributed by atoms with Crippen LogP contribution in [0.4, 0.5) is 13.2 Å². The Morgan fingerprint density at radius 2 is 1.88 bits per heavy atom. The van der Waals surface area contributed by atoms with Gasteiger partial charge in [-0.1, -0.05) is 35.9 Å². The SMILES string of the molecule is CC(NC(=O)C1CC1c1ccc(C(F)(F)F)cc1)c1cccc(Cl)c1. The molecule has 0 bridgehead atoms. The summed E-state index contributed by atoms with van der Waals surface area (Å²) in [6.45, 7) is 1.87. The zero-order valence-electron chi connectivity index (χ0n) is 13.5. The van der Waals surface area contributed by atoms with Gasteiger partial charge in [0.25, 0.3) is 0 Å². The number of carbonyl (C=O) groups is 1. The van der Waals surface area contributed by atoms with Crippen molar-refractivity contribution in [2.24, 2.45) is 5.92 Å². The first kappa shape index (κ1) is 17.8. The van der Waals surface area contributed by atoms with Crippen molar-refractivity contribution in [1.29, 1.82) is 0 Å². The smallest absolute Gasteiger partial charge is 0.349 e. The lowest BCUT2D eigenvalue weighted by molar-refractivity contribution is -0.137. The number of amides is 1. The van der Waals surface area contributed by atoms with E-state index in [4.69, 9.17) is 11.6 Å². The average Bonchev–Trinajstić information content (AvgIpc) is 3.35. The Balaban J connectivity index is 1.60. The first-order valence-electron chi connectivity index (χ1n) is 7.98. The monoisotopic (exact) mass is 367 g/mol. The Morgan fingerprint density at radius 1 is 1.20 bits per heavy atom. The van der Waals surface area contributed by atoms with Gasteiger partial charge in [-0.15, -0.1) is 0 Å². The second-order valence-corrected chi connectivity index (χ2v) is 6.79. The number of halogens is 4. The van der Waals surface area contributed by atoms with Gasteiger partial charge < -0.3 is 5.32 Å². The van der Waals surface area contributed by atoms with Crippen LogP contribution in [0.1, 0.15) is 42.0 Å². The molecular weight excluding hydrogens is 351 g/mol. The van der Waals surface area contributed by atoms with Gasteiger partial charge in [0.1, 0.15) is 0 Å². The molecule has 1 saturated carbocycles. The van der Waals surface area contributed by atoms with Crippen molar-refractivity contribution in [1.82, 2.24) is 5.32 Å². The number of hydrogen-bond donors (Lipinski definition) is 1. The Morgan fingerprint density at radius 3 is 2.48 bits per heavy atom. The fourth-order valence-electron chi connectivity index (χ4n) is 2.95. The normalized spacial score (nSPS) is 20.8. The van der Waals surface area contributed by atoms with E-state index in [0.717, 1.165) is 23.3 Å². The molecule has 3 unspecified atom stereocenters. The Kier molecular flexibility index (Phi) is 4.78. The van der Waals surface area contributed by atoms with Gasteiger partial charge in [-0.3, -0.25) is 4.79 Å². The third-order valence-corrected chi connectivity index (χ3v) is 4.74. The van der Waals surface area contributed by atoms with E-state index in [9.17, 15) is 18.0 Å². The van der Waals surface area contributed by atoms with E-state index in [1.807, 2.05) is 19.1 Å². The molecule has 2 nitrogen and oxygen atoms in total. The predicted octanol–water partition coefficient (Wildman–Crippen LogP) is 5.34. The van der Waals surface area contributed by atoms with Crippen molar-refractivity contribution in [2.45, 2.75) is 31.5 Å². The third kappa shape index (κ3) is 4.15. The zero-order chi connectivity index (χ0) is 18.2. The van der Waals surface area contributed by atoms with E-state index < -0.39 is 11.7 Å². The quantitative estimate of drug-likeness (QED) is 0.776. The lowest BCUT2D eigenvalue weighted by Crippen LogP contribution is -2.28. The van der Waals surface area contributed by atoms with Gasteiger partial charge in [0, 0.05) is 10.9 Å². The van der Waals surface area contributed by atoms with Crippen LogP contribution < -0.4 is 5.32 Å². The van der Waals surface area contributed by atoms with Crippen molar-refractivity contribution in [3.8, 4) is 0 Å². The second kappa shape index (κ2) is 6.71. The van der Waals surface area contributed by atoms with Crippen LogP contribution in [-0.2, 0) is 11.0 Å². The molecule has 1 aliphatic rings. The molecule has 3 rings (SSSR count). The van der Waals surface area contributed by atoms with Crippen LogP contribution >= 0.6 is 11.6 Å². The summed E-state index contributed by atoms with van der Waals surface area (Å²) in [5.74, 6) is -0.301. The molecule has 1 amide bonds. The molecule has 0 heterocycles. The molecule has 0 saturated heterocycles. The number of hydrogen-bond acceptors (Lipinski definition) is 1. The molecule has 0 radical (unpaired) electrons. The second-order valence-electron chi connectivity index (χ2n) is 6.35. The highest BCUT2D eigenvalue weighted by molar-refractivity contribution is 6.30. The topological polar surface area (TPSA) is 29.1 Å². The van der Waals surface area contributed by atoms with Crippen LogP contribution in [0, 0.1) is 5.92 Å². The first-order chi connectivity index (χ1) is 11.8. The van der Waals surface area contributed by atoms with Crippen molar-refractivity contribution >= 4 is 17.5 Å². The molecule has 0 aromatic heterocycles. The minimum Gasteiger partial charge on any atom is -0.349 e. The lowest BCUT2D eigenvalue weighted by atomic mass is 10.1. The molecule has 1 aliphatic carbocycles. The number of rotatable bonds is 4. The van der Waals surface area contributed by atoms with E-state index in [2.05, 4.69) is 5.32 Å². The molecule has 6 heteroatoms. The van der Waals surface area contributed by atoms with Crippen molar-refractivity contribution in [3.63, 3.8) is 0 Å². The maximum absolute atomic E-state index is 12.6. The van der Waals surface area contributed by atoms with Crippen LogP contribution in [0.15, 0.2) is 48.5 Å². The minimum atomic E-state index is -4.34. The summed E-state index contributed by atoms with van der Waals surface area (Å²) >= 11 is 5.96. The molecule has 132 valence electrons.